The van der Waals surface area contributed by atoms with Crippen molar-refractivity contribution < 1.29 is 14.0 Å². The number of aromatic amines is 1. The number of aryl methyl sites for hydroxylation is 3. The zero-order chi connectivity index (χ0) is 26.2. The fraction of sp³-hybridized carbons (Fsp3) is 0.345. The van der Waals surface area contributed by atoms with E-state index in [2.05, 4.69) is 50.7 Å². The van der Waals surface area contributed by atoms with Gasteiger partial charge in [0.25, 0.3) is 0 Å². The van der Waals surface area contributed by atoms with E-state index in [9.17, 15) is 0 Å². The summed E-state index contributed by atoms with van der Waals surface area (Å²) in [6, 6.07) is 12.8. The normalized spacial score (nSPS) is 13.9. The molecule has 5 aromatic rings. The van der Waals surface area contributed by atoms with Crippen LogP contribution in [-0.2, 0) is 11.2 Å². The Labute approximate surface area is 221 Å². The topological polar surface area (TPSA) is 101 Å². The maximum atomic E-state index is 5.82. The second-order valence-corrected chi connectivity index (χ2v) is 9.67. The van der Waals surface area contributed by atoms with Gasteiger partial charge in [-0.25, -0.2) is 9.97 Å². The van der Waals surface area contributed by atoms with Crippen LogP contribution in [0, 0.1) is 20.8 Å². The highest BCUT2D eigenvalue weighted by Gasteiger charge is 2.21. The van der Waals surface area contributed by atoms with Crippen molar-refractivity contribution in [2.45, 2.75) is 27.2 Å². The van der Waals surface area contributed by atoms with Crippen LogP contribution in [-0.4, -0.2) is 60.1 Å². The SMILES string of the molecule is COc1cc2c(cc1-c1c(C)noc1C)[nH]c1nc(C)nc(NCCc3ccccc3N3CCOCC3)c12. The molecule has 0 saturated carbocycles. The monoisotopic (exact) mass is 512 g/mol. The van der Waals surface area contributed by atoms with Gasteiger partial charge in [-0.3, -0.25) is 0 Å². The first-order valence-corrected chi connectivity index (χ1v) is 13.0. The number of methoxy groups -OCH3 is 1. The van der Waals surface area contributed by atoms with Gasteiger partial charge in [0.1, 0.15) is 28.8 Å². The standard InChI is InChI=1S/C29H32N6O3/c1-17-26(18(2)38-34-17)22-15-23-21(16-25(22)36-4)27-28(31-19(3)32-29(27)33-23)30-10-9-20-7-5-6-8-24(20)35-11-13-37-14-12-35/h5-8,15-16H,9-14H2,1-4H3,(H2,30,31,32,33). The second kappa shape index (κ2) is 9.98. The number of hydrogen-bond donors (Lipinski definition) is 2. The van der Waals surface area contributed by atoms with Crippen molar-refractivity contribution in [3.8, 4) is 16.9 Å². The maximum Gasteiger partial charge on any atom is 0.144 e. The summed E-state index contributed by atoms with van der Waals surface area (Å²) in [5, 5.41) is 9.69. The molecule has 196 valence electrons. The first-order chi connectivity index (χ1) is 18.5. The van der Waals surface area contributed by atoms with Crippen molar-refractivity contribution >= 4 is 33.4 Å². The van der Waals surface area contributed by atoms with Gasteiger partial charge in [0.15, 0.2) is 0 Å². The fourth-order valence-corrected chi connectivity index (χ4v) is 5.45. The summed E-state index contributed by atoms with van der Waals surface area (Å²) in [5.74, 6) is 3.03. The lowest BCUT2D eigenvalue weighted by atomic mass is 10.0. The van der Waals surface area contributed by atoms with E-state index < -0.39 is 0 Å². The summed E-state index contributed by atoms with van der Waals surface area (Å²) in [5.41, 5.74) is 7.05. The lowest BCUT2D eigenvalue weighted by molar-refractivity contribution is 0.122. The minimum absolute atomic E-state index is 0.707. The van der Waals surface area contributed by atoms with E-state index in [0.717, 1.165) is 95.4 Å². The molecule has 0 spiro atoms. The number of para-hydroxylation sites is 1. The molecule has 0 atom stereocenters. The number of benzene rings is 2. The number of aromatic nitrogens is 4. The first kappa shape index (κ1) is 24.2. The van der Waals surface area contributed by atoms with Gasteiger partial charge < -0.3 is 29.2 Å². The van der Waals surface area contributed by atoms with Gasteiger partial charge in [-0.15, -0.1) is 0 Å². The van der Waals surface area contributed by atoms with E-state index in [4.69, 9.17) is 24.0 Å². The summed E-state index contributed by atoms with van der Waals surface area (Å²) in [4.78, 5) is 15.4. The van der Waals surface area contributed by atoms with Crippen LogP contribution in [0.15, 0.2) is 40.9 Å². The zero-order valence-electron chi connectivity index (χ0n) is 22.2. The Hall–Kier alpha value is -4.11. The lowest BCUT2D eigenvalue weighted by Crippen LogP contribution is -2.36. The molecule has 0 unspecified atom stereocenters. The van der Waals surface area contributed by atoms with Crippen molar-refractivity contribution in [2.24, 2.45) is 0 Å². The summed E-state index contributed by atoms with van der Waals surface area (Å²) >= 11 is 0. The third-order valence-electron chi connectivity index (χ3n) is 7.22. The van der Waals surface area contributed by atoms with Crippen LogP contribution in [0.4, 0.5) is 11.5 Å². The Morgan fingerprint density at radius 2 is 1.89 bits per heavy atom. The molecule has 1 aliphatic heterocycles. The summed E-state index contributed by atoms with van der Waals surface area (Å²) in [6.07, 6.45) is 0.875. The number of ether oxygens (including phenoxy) is 2. The van der Waals surface area contributed by atoms with Gasteiger partial charge in [-0.2, -0.15) is 0 Å². The average Bonchev–Trinajstić information content (AvgIpc) is 3.46. The van der Waals surface area contributed by atoms with Crippen LogP contribution in [0.5, 0.6) is 5.75 Å². The number of fused-ring (bicyclic) bond motifs is 3. The number of anilines is 2. The van der Waals surface area contributed by atoms with E-state index in [0.29, 0.717) is 5.82 Å². The van der Waals surface area contributed by atoms with Crippen molar-refractivity contribution in [3.63, 3.8) is 0 Å². The smallest absolute Gasteiger partial charge is 0.144 e. The van der Waals surface area contributed by atoms with E-state index >= 15 is 0 Å². The number of nitrogens with one attached hydrogen (secondary N) is 2. The van der Waals surface area contributed by atoms with Gasteiger partial charge in [-0.1, -0.05) is 23.4 Å². The van der Waals surface area contributed by atoms with Gasteiger partial charge in [0, 0.05) is 41.8 Å². The molecule has 38 heavy (non-hydrogen) atoms. The summed E-state index contributed by atoms with van der Waals surface area (Å²) in [6.45, 7) is 9.90. The predicted octanol–water partition coefficient (Wildman–Crippen LogP) is 5.19. The molecule has 4 heterocycles. The number of morpholine rings is 1. The highest BCUT2D eigenvalue weighted by Crippen LogP contribution is 2.40. The third kappa shape index (κ3) is 4.32. The molecule has 6 rings (SSSR count). The van der Waals surface area contributed by atoms with E-state index in [1.807, 2.05) is 26.8 Å². The number of rotatable bonds is 7. The second-order valence-electron chi connectivity index (χ2n) is 9.67. The maximum absolute atomic E-state index is 5.82. The molecular formula is C29H32N6O3. The van der Waals surface area contributed by atoms with Crippen molar-refractivity contribution in [1.29, 1.82) is 0 Å². The quantitative estimate of drug-likeness (QED) is 0.307. The van der Waals surface area contributed by atoms with E-state index in [1.165, 1.54) is 11.3 Å². The molecule has 9 nitrogen and oxygen atoms in total. The molecule has 2 aromatic carbocycles. The van der Waals surface area contributed by atoms with Crippen LogP contribution in [0.25, 0.3) is 33.1 Å². The molecule has 2 N–H and O–H groups in total. The van der Waals surface area contributed by atoms with Gasteiger partial charge in [0.2, 0.25) is 0 Å². The largest absolute Gasteiger partial charge is 0.496 e. The molecule has 9 heteroatoms. The van der Waals surface area contributed by atoms with Crippen LogP contribution < -0.4 is 15.0 Å². The molecule has 1 aliphatic rings. The van der Waals surface area contributed by atoms with Crippen molar-refractivity contribution in [1.82, 2.24) is 20.1 Å². The predicted molar refractivity (Wildman–Crippen MR) is 149 cm³/mol. The zero-order valence-corrected chi connectivity index (χ0v) is 22.2. The van der Waals surface area contributed by atoms with Crippen LogP contribution in [0.3, 0.4) is 0 Å². The average molecular weight is 513 g/mol. The Balaban J connectivity index is 1.34. The lowest BCUT2D eigenvalue weighted by Gasteiger charge is -2.30. The van der Waals surface area contributed by atoms with Gasteiger partial charge >= 0.3 is 0 Å². The number of nitrogens with zero attached hydrogens (tertiary/aromatic N) is 4. The van der Waals surface area contributed by atoms with Crippen LogP contribution in [0.1, 0.15) is 22.8 Å². The Bertz CT molecular complexity index is 1600. The molecule has 1 saturated heterocycles. The molecule has 1 fully saturated rings. The molecule has 0 aliphatic carbocycles. The Kier molecular flexibility index (Phi) is 6.37. The molecule has 0 amide bonds. The first-order valence-electron chi connectivity index (χ1n) is 13.0. The van der Waals surface area contributed by atoms with Crippen molar-refractivity contribution in [3.05, 3.63) is 59.2 Å². The molecular weight excluding hydrogens is 480 g/mol. The Morgan fingerprint density at radius 1 is 1.08 bits per heavy atom. The molecule has 0 radical (unpaired) electrons. The van der Waals surface area contributed by atoms with Crippen LogP contribution >= 0.6 is 0 Å². The molecule has 0 bridgehead atoms. The highest BCUT2D eigenvalue weighted by molar-refractivity contribution is 6.12. The van der Waals surface area contributed by atoms with E-state index in [1.54, 1.807) is 7.11 Å². The number of H-pyrrole nitrogens is 1. The van der Waals surface area contributed by atoms with Crippen LogP contribution in [0.2, 0.25) is 0 Å². The summed E-state index contributed by atoms with van der Waals surface area (Å²) in [7, 11) is 1.68. The van der Waals surface area contributed by atoms with Gasteiger partial charge in [-0.05, 0) is 51.0 Å². The number of hydrogen-bond acceptors (Lipinski definition) is 8. The fourth-order valence-electron chi connectivity index (χ4n) is 5.45. The summed E-state index contributed by atoms with van der Waals surface area (Å²) < 4.78 is 16.8. The van der Waals surface area contributed by atoms with Gasteiger partial charge in [0.05, 0.1) is 37.0 Å². The Morgan fingerprint density at radius 3 is 2.66 bits per heavy atom. The van der Waals surface area contributed by atoms with Crippen molar-refractivity contribution in [2.75, 3.05) is 50.2 Å². The molecule has 3 aromatic heterocycles. The highest BCUT2D eigenvalue weighted by atomic mass is 16.5. The minimum atomic E-state index is 0.707. The minimum Gasteiger partial charge on any atom is -0.496 e. The van der Waals surface area contributed by atoms with E-state index in [-0.39, 0.29) is 0 Å². The third-order valence-corrected chi connectivity index (χ3v) is 7.22.